The zero-order valence-electron chi connectivity index (χ0n) is 16.1. The zero-order chi connectivity index (χ0) is 20.0. The molecule has 1 heterocycles. The van der Waals surface area contributed by atoms with E-state index in [0.29, 0.717) is 5.56 Å². The highest BCUT2D eigenvalue weighted by Gasteiger charge is 2.12. The first-order valence-electron chi connectivity index (χ1n) is 8.95. The van der Waals surface area contributed by atoms with Crippen LogP contribution in [0.25, 0.3) is 0 Å². The number of ether oxygens (including phenoxy) is 1. The standard InChI is InChI=1S/C8H16.C6H4BrN3.C5H11NO2/c1-2-4-6-8-7-5-3-1;7-5-1-4(2-8)6(9)10-3-5;1-5(2,3)8-4(6)7/h1-8H2;1,3H,(H2,9,10);1-3H3,(H2,6,7). The average molecular weight is 427 g/mol. The molecule has 146 valence electrons. The summed E-state index contributed by atoms with van der Waals surface area (Å²) in [7, 11) is 0. The SMILES string of the molecule is C1CCCCCCC1.CC(C)(C)OC(N)=O.N#Cc1cc(Br)cnc1N. The van der Waals surface area contributed by atoms with Crippen molar-refractivity contribution in [1.29, 1.82) is 5.26 Å². The lowest BCUT2D eigenvalue weighted by Gasteiger charge is -2.16. The molecule has 0 unspecified atom stereocenters. The van der Waals surface area contributed by atoms with E-state index in [4.69, 9.17) is 16.7 Å². The first-order valence-corrected chi connectivity index (χ1v) is 9.74. The highest BCUT2D eigenvalue weighted by atomic mass is 79.9. The van der Waals surface area contributed by atoms with Gasteiger partial charge in [0.25, 0.3) is 0 Å². The van der Waals surface area contributed by atoms with Gasteiger partial charge < -0.3 is 16.2 Å². The van der Waals surface area contributed by atoms with Crippen LogP contribution in [0.1, 0.15) is 77.7 Å². The van der Waals surface area contributed by atoms with Gasteiger partial charge >= 0.3 is 6.09 Å². The number of primary amides is 1. The minimum atomic E-state index is -0.725. The monoisotopic (exact) mass is 426 g/mol. The van der Waals surface area contributed by atoms with E-state index in [9.17, 15) is 4.79 Å². The number of amides is 1. The highest BCUT2D eigenvalue weighted by molar-refractivity contribution is 9.10. The summed E-state index contributed by atoms with van der Waals surface area (Å²) in [6, 6.07) is 3.55. The lowest BCUT2D eigenvalue weighted by atomic mass is 10.0. The predicted molar refractivity (Wildman–Crippen MR) is 108 cm³/mol. The molecule has 4 N–H and O–H groups in total. The van der Waals surface area contributed by atoms with Gasteiger partial charge in [-0.05, 0) is 42.8 Å². The van der Waals surface area contributed by atoms with Crippen LogP contribution in [0.5, 0.6) is 0 Å². The third-order valence-electron chi connectivity index (χ3n) is 3.41. The topological polar surface area (TPSA) is 115 Å². The van der Waals surface area contributed by atoms with Crippen LogP contribution in [-0.2, 0) is 4.74 Å². The van der Waals surface area contributed by atoms with Crippen molar-refractivity contribution in [2.45, 2.75) is 77.7 Å². The molecule has 6 nitrogen and oxygen atoms in total. The van der Waals surface area contributed by atoms with Crippen LogP contribution in [0.4, 0.5) is 10.6 Å². The maximum Gasteiger partial charge on any atom is 0.405 e. The Morgan fingerprint density at radius 3 is 1.81 bits per heavy atom. The van der Waals surface area contributed by atoms with Crippen molar-refractivity contribution in [3.8, 4) is 6.07 Å². The summed E-state index contributed by atoms with van der Waals surface area (Å²) in [5.41, 5.74) is 10.0. The van der Waals surface area contributed by atoms with Crippen LogP contribution in [0.15, 0.2) is 16.7 Å². The second-order valence-corrected chi connectivity index (χ2v) is 7.98. The summed E-state index contributed by atoms with van der Waals surface area (Å²) in [5.74, 6) is 0.269. The smallest absolute Gasteiger partial charge is 0.405 e. The molecule has 0 atom stereocenters. The number of carbonyl (C=O) groups excluding carboxylic acids is 1. The Labute approximate surface area is 165 Å². The van der Waals surface area contributed by atoms with Gasteiger partial charge in [0.1, 0.15) is 17.5 Å². The molecule has 1 aromatic heterocycles. The number of hydrogen-bond acceptors (Lipinski definition) is 5. The number of rotatable bonds is 0. The van der Waals surface area contributed by atoms with Crippen LogP contribution in [0.3, 0.4) is 0 Å². The van der Waals surface area contributed by atoms with Crippen molar-refractivity contribution in [3.63, 3.8) is 0 Å². The van der Waals surface area contributed by atoms with Gasteiger partial charge in [-0.2, -0.15) is 5.26 Å². The fourth-order valence-corrected chi connectivity index (χ4v) is 2.59. The first-order chi connectivity index (χ1) is 12.2. The van der Waals surface area contributed by atoms with Gasteiger partial charge in [-0.25, -0.2) is 9.78 Å². The van der Waals surface area contributed by atoms with Crippen LogP contribution < -0.4 is 11.5 Å². The maximum absolute atomic E-state index is 10.0. The number of carbonyl (C=O) groups is 1. The molecular weight excluding hydrogens is 396 g/mol. The van der Waals surface area contributed by atoms with E-state index in [1.54, 1.807) is 33.0 Å². The molecule has 7 heteroatoms. The summed E-state index contributed by atoms with van der Waals surface area (Å²) in [6.07, 6.45) is 12.8. The van der Waals surface area contributed by atoms with Gasteiger partial charge in [-0.3, -0.25) is 0 Å². The van der Waals surface area contributed by atoms with E-state index in [2.05, 4.69) is 25.7 Å². The second kappa shape index (κ2) is 13.4. The summed E-state index contributed by atoms with van der Waals surface area (Å²) >= 11 is 3.17. The molecule has 1 aliphatic rings. The summed E-state index contributed by atoms with van der Waals surface area (Å²) in [4.78, 5) is 13.8. The van der Waals surface area contributed by atoms with Crippen molar-refractivity contribution in [3.05, 3.63) is 22.3 Å². The largest absolute Gasteiger partial charge is 0.444 e. The van der Waals surface area contributed by atoms with Crippen LogP contribution >= 0.6 is 15.9 Å². The number of anilines is 1. The van der Waals surface area contributed by atoms with Crippen molar-refractivity contribution >= 4 is 27.8 Å². The molecule has 0 saturated heterocycles. The minimum absolute atomic E-state index is 0.269. The van der Waals surface area contributed by atoms with E-state index in [1.807, 2.05) is 6.07 Å². The molecule has 0 aliphatic heterocycles. The molecule has 1 aromatic rings. The molecular formula is C19H31BrN4O2. The van der Waals surface area contributed by atoms with Crippen LogP contribution in [0, 0.1) is 11.3 Å². The zero-order valence-corrected chi connectivity index (χ0v) is 17.6. The Kier molecular flexibility index (Phi) is 12.5. The lowest BCUT2D eigenvalue weighted by Crippen LogP contribution is -2.27. The van der Waals surface area contributed by atoms with Crippen LogP contribution in [0.2, 0.25) is 0 Å². The van der Waals surface area contributed by atoms with Gasteiger partial charge in [0, 0.05) is 10.7 Å². The fraction of sp³-hybridized carbons (Fsp3) is 0.632. The molecule has 2 rings (SSSR count). The van der Waals surface area contributed by atoms with Crippen LogP contribution in [-0.4, -0.2) is 16.7 Å². The Bertz CT molecular complexity index is 556. The number of aromatic nitrogens is 1. The average Bonchev–Trinajstić information content (AvgIpc) is 2.48. The number of nitrogens with zero attached hydrogens (tertiary/aromatic N) is 2. The summed E-state index contributed by atoms with van der Waals surface area (Å²) in [5, 5.41) is 8.45. The van der Waals surface area contributed by atoms with Crippen molar-refractivity contribution in [2.75, 3.05) is 5.73 Å². The molecule has 1 aliphatic carbocycles. The van der Waals surface area contributed by atoms with E-state index in [-0.39, 0.29) is 5.82 Å². The Balaban J connectivity index is 0.000000365. The van der Waals surface area contributed by atoms with Gasteiger partial charge in [0.15, 0.2) is 0 Å². The maximum atomic E-state index is 10.0. The fourth-order valence-electron chi connectivity index (χ4n) is 2.26. The van der Waals surface area contributed by atoms with Gasteiger partial charge in [-0.15, -0.1) is 0 Å². The number of nitrogen functional groups attached to an aromatic ring is 1. The van der Waals surface area contributed by atoms with E-state index in [0.717, 1.165) is 4.47 Å². The molecule has 1 fully saturated rings. The predicted octanol–water partition coefficient (Wildman–Crippen LogP) is 5.30. The molecule has 0 aromatic carbocycles. The Morgan fingerprint density at radius 1 is 1.15 bits per heavy atom. The third-order valence-corrected chi connectivity index (χ3v) is 3.85. The molecule has 1 saturated carbocycles. The number of halogens is 1. The first kappa shape index (κ1) is 24.2. The summed E-state index contributed by atoms with van der Waals surface area (Å²) < 4.78 is 5.34. The van der Waals surface area contributed by atoms with Crippen molar-refractivity contribution in [1.82, 2.24) is 4.98 Å². The van der Waals surface area contributed by atoms with Crippen molar-refractivity contribution < 1.29 is 9.53 Å². The molecule has 26 heavy (non-hydrogen) atoms. The molecule has 1 amide bonds. The van der Waals surface area contributed by atoms with E-state index >= 15 is 0 Å². The van der Waals surface area contributed by atoms with Gasteiger partial charge in [0.05, 0.1) is 5.56 Å². The number of hydrogen-bond donors (Lipinski definition) is 2. The number of nitrogens with two attached hydrogens (primary N) is 2. The number of pyridine rings is 1. The second-order valence-electron chi connectivity index (χ2n) is 7.06. The molecule has 0 bridgehead atoms. The normalized spacial score (nSPS) is 14.1. The Morgan fingerprint density at radius 2 is 1.58 bits per heavy atom. The molecule has 0 radical (unpaired) electrons. The quantitative estimate of drug-likeness (QED) is 0.583. The van der Waals surface area contributed by atoms with Gasteiger partial charge in [0.2, 0.25) is 0 Å². The Hall–Kier alpha value is -1.81. The van der Waals surface area contributed by atoms with Gasteiger partial charge in [-0.1, -0.05) is 51.4 Å². The van der Waals surface area contributed by atoms with Crippen molar-refractivity contribution in [2.24, 2.45) is 5.73 Å². The number of nitriles is 1. The highest BCUT2D eigenvalue weighted by Crippen LogP contribution is 2.15. The summed E-state index contributed by atoms with van der Waals surface area (Å²) in [6.45, 7) is 5.28. The lowest BCUT2D eigenvalue weighted by molar-refractivity contribution is 0.0600. The minimum Gasteiger partial charge on any atom is -0.444 e. The molecule has 0 spiro atoms. The van der Waals surface area contributed by atoms with E-state index in [1.165, 1.54) is 51.4 Å². The third kappa shape index (κ3) is 14.5. The van der Waals surface area contributed by atoms with E-state index < -0.39 is 11.7 Å².